The predicted molar refractivity (Wildman–Crippen MR) is 75.9 cm³/mol. The van der Waals surface area contributed by atoms with Crippen LogP contribution in [0.1, 0.15) is 40.9 Å². The first-order valence-corrected chi connectivity index (χ1v) is 7.15. The Bertz CT molecular complexity index is 591. The van der Waals surface area contributed by atoms with Crippen LogP contribution in [0.4, 0.5) is 0 Å². The number of likely N-dealkylation sites (tertiary alicyclic amines) is 1. The van der Waals surface area contributed by atoms with Crippen LogP contribution >= 0.6 is 0 Å². The number of carbonyl (C=O) groups is 1. The zero-order valence-electron chi connectivity index (χ0n) is 12.0. The molecular weight excluding hydrogens is 270 g/mol. The minimum Gasteiger partial charge on any atom is -0.463 e. The minimum absolute atomic E-state index is 0.257. The number of hydrogen-bond acceptors (Lipinski definition) is 5. The Balaban J connectivity index is 1.62. The van der Waals surface area contributed by atoms with Crippen molar-refractivity contribution < 1.29 is 13.9 Å². The van der Waals surface area contributed by atoms with E-state index in [1.807, 2.05) is 12.3 Å². The number of ether oxygens (including phenoxy) is 1. The standard InChI is InChI=1S/C15H19N3O3/c1-20-15(19)13-5-4-12(21-13)10-18-8-2-3-11(9-18)14-16-6-7-17-14/h4-7,11H,2-3,8-10H2,1H3,(H,16,17)/t11-/m0/s1. The number of furan rings is 1. The number of hydrogen-bond donors (Lipinski definition) is 1. The van der Waals surface area contributed by atoms with Gasteiger partial charge in [-0.2, -0.15) is 0 Å². The van der Waals surface area contributed by atoms with Crippen molar-refractivity contribution in [1.29, 1.82) is 0 Å². The van der Waals surface area contributed by atoms with E-state index >= 15 is 0 Å². The third kappa shape index (κ3) is 3.16. The maximum atomic E-state index is 11.4. The molecule has 6 heteroatoms. The quantitative estimate of drug-likeness (QED) is 0.873. The maximum Gasteiger partial charge on any atom is 0.373 e. The smallest absolute Gasteiger partial charge is 0.373 e. The van der Waals surface area contributed by atoms with E-state index in [4.69, 9.17) is 4.42 Å². The van der Waals surface area contributed by atoms with Gasteiger partial charge in [-0.25, -0.2) is 9.78 Å². The lowest BCUT2D eigenvalue weighted by Crippen LogP contribution is -2.34. The van der Waals surface area contributed by atoms with Crippen LogP contribution in [-0.4, -0.2) is 41.0 Å². The summed E-state index contributed by atoms with van der Waals surface area (Å²) < 4.78 is 10.2. The molecule has 112 valence electrons. The number of methoxy groups -OCH3 is 1. The average Bonchev–Trinajstić information content (AvgIpc) is 3.18. The van der Waals surface area contributed by atoms with Gasteiger partial charge in [0.2, 0.25) is 5.76 Å². The first kappa shape index (κ1) is 13.9. The molecule has 2 aromatic rings. The Kier molecular flexibility index (Phi) is 4.06. The average molecular weight is 289 g/mol. The highest BCUT2D eigenvalue weighted by molar-refractivity contribution is 5.86. The fraction of sp³-hybridized carbons (Fsp3) is 0.467. The van der Waals surface area contributed by atoms with Gasteiger partial charge in [0, 0.05) is 24.9 Å². The van der Waals surface area contributed by atoms with Crippen molar-refractivity contribution in [3.05, 3.63) is 41.9 Å². The summed E-state index contributed by atoms with van der Waals surface area (Å²) in [5.41, 5.74) is 0. The van der Waals surface area contributed by atoms with Crippen LogP contribution in [0.15, 0.2) is 28.9 Å². The Hall–Kier alpha value is -2.08. The van der Waals surface area contributed by atoms with Crippen LogP contribution in [0.2, 0.25) is 0 Å². The number of aromatic amines is 1. The predicted octanol–water partition coefficient (Wildman–Crippen LogP) is 2.17. The Morgan fingerprint density at radius 3 is 3.24 bits per heavy atom. The fourth-order valence-corrected chi connectivity index (χ4v) is 2.82. The molecule has 1 saturated heterocycles. The van der Waals surface area contributed by atoms with Crippen LogP contribution < -0.4 is 0 Å². The van der Waals surface area contributed by atoms with E-state index in [-0.39, 0.29) is 5.76 Å². The molecule has 0 aliphatic carbocycles. The van der Waals surface area contributed by atoms with E-state index in [0.717, 1.165) is 37.5 Å². The van der Waals surface area contributed by atoms with Gasteiger partial charge in [-0.3, -0.25) is 4.90 Å². The summed E-state index contributed by atoms with van der Waals surface area (Å²) in [6.07, 6.45) is 5.94. The fourth-order valence-electron chi connectivity index (χ4n) is 2.82. The van der Waals surface area contributed by atoms with Gasteiger partial charge in [-0.1, -0.05) is 0 Å². The summed E-state index contributed by atoms with van der Waals surface area (Å²) >= 11 is 0. The van der Waals surface area contributed by atoms with E-state index in [9.17, 15) is 4.79 Å². The number of nitrogens with one attached hydrogen (secondary N) is 1. The van der Waals surface area contributed by atoms with Crippen molar-refractivity contribution in [3.63, 3.8) is 0 Å². The van der Waals surface area contributed by atoms with Gasteiger partial charge in [0.15, 0.2) is 0 Å². The van der Waals surface area contributed by atoms with Gasteiger partial charge >= 0.3 is 5.97 Å². The Labute approximate surface area is 123 Å². The Morgan fingerprint density at radius 2 is 2.48 bits per heavy atom. The SMILES string of the molecule is COC(=O)c1ccc(CN2CCC[C@H](c3ncc[nH]3)C2)o1. The molecule has 0 radical (unpaired) electrons. The van der Waals surface area contributed by atoms with Crippen molar-refractivity contribution in [2.45, 2.75) is 25.3 Å². The zero-order valence-corrected chi connectivity index (χ0v) is 12.0. The molecule has 0 spiro atoms. The van der Waals surface area contributed by atoms with E-state index in [1.54, 1.807) is 12.3 Å². The lowest BCUT2D eigenvalue weighted by Gasteiger charge is -2.31. The van der Waals surface area contributed by atoms with Crippen molar-refractivity contribution in [3.8, 4) is 0 Å². The summed E-state index contributed by atoms with van der Waals surface area (Å²) in [6, 6.07) is 3.50. The van der Waals surface area contributed by atoms with E-state index < -0.39 is 5.97 Å². The number of nitrogens with zero attached hydrogens (tertiary/aromatic N) is 2. The van der Waals surface area contributed by atoms with Crippen molar-refractivity contribution in [1.82, 2.24) is 14.9 Å². The molecule has 2 aromatic heterocycles. The lowest BCUT2D eigenvalue weighted by atomic mass is 9.97. The topological polar surface area (TPSA) is 71.4 Å². The molecule has 6 nitrogen and oxygen atoms in total. The molecule has 3 heterocycles. The highest BCUT2D eigenvalue weighted by Crippen LogP contribution is 2.25. The summed E-state index contributed by atoms with van der Waals surface area (Å²) in [6.45, 7) is 2.68. The highest BCUT2D eigenvalue weighted by Gasteiger charge is 2.24. The summed E-state index contributed by atoms with van der Waals surface area (Å²) in [7, 11) is 1.35. The second kappa shape index (κ2) is 6.13. The summed E-state index contributed by atoms with van der Waals surface area (Å²) in [4.78, 5) is 21.3. The van der Waals surface area contributed by atoms with Crippen molar-refractivity contribution >= 4 is 5.97 Å². The summed E-state index contributed by atoms with van der Waals surface area (Å²) in [5.74, 6) is 2.09. The van der Waals surface area contributed by atoms with Gasteiger partial charge in [0.25, 0.3) is 0 Å². The second-order valence-corrected chi connectivity index (χ2v) is 5.31. The van der Waals surface area contributed by atoms with Gasteiger partial charge in [-0.15, -0.1) is 0 Å². The van der Waals surface area contributed by atoms with Crippen LogP contribution in [0, 0.1) is 0 Å². The van der Waals surface area contributed by atoms with Crippen LogP contribution in [0.5, 0.6) is 0 Å². The molecule has 0 unspecified atom stereocenters. The van der Waals surface area contributed by atoms with E-state index in [1.165, 1.54) is 7.11 Å². The molecule has 1 aliphatic rings. The molecular formula is C15H19N3O3. The third-order valence-corrected chi connectivity index (χ3v) is 3.84. The molecule has 0 amide bonds. The molecule has 3 rings (SSSR count). The number of carbonyl (C=O) groups excluding carboxylic acids is 1. The van der Waals surface area contributed by atoms with Gasteiger partial charge in [-0.05, 0) is 31.5 Å². The molecule has 0 aromatic carbocycles. The number of H-pyrrole nitrogens is 1. The molecule has 21 heavy (non-hydrogen) atoms. The second-order valence-electron chi connectivity index (χ2n) is 5.31. The monoisotopic (exact) mass is 289 g/mol. The molecule has 0 saturated carbocycles. The third-order valence-electron chi connectivity index (χ3n) is 3.84. The minimum atomic E-state index is -0.437. The van der Waals surface area contributed by atoms with Crippen LogP contribution in [0.3, 0.4) is 0 Å². The maximum absolute atomic E-state index is 11.4. The van der Waals surface area contributed by atoms with Crippen LogP contribution in [0.25, 0.3) is 0 Å². The molecule has 1 aliphatic heterocycles. The van der Waals surface area contributed by atoms with Crippen molar-refractivity contribution in [2.24, 2.45) is 0 Å². The number of rotatable bonds is 4. The summed E-state index contributed by atoms with van der Waals surface area (Å²) in [5, 5.41) is 0. The first-order chi connectivity index (χ1) is 10.3. The van der Waals surface area contributed by atoms with E-state index in [0.29, 0.717) is 12.5 Å². The largest absolute Gasteiger partial charge is 0.463 e. The van der Waals surface area contributed by atoms with Gasteiger partial charge in [0.1, 0.15) is 11.6 Å². The molecule has 0 bridgehead atoms. The van der Waals surface area contributed by atoms with Crippen LogP contribution in [-0.2, 0) is 11.3 Å². The van der Waals surface area contributed by atoms with Gasteiger partial charge < -0.3 is 14.1 Å². The lowest BCUT2D eigenvalue weighted by molar-refractivity contribution is 0.0560. The highest BCUT2D eigenvalue weighted by atomic mass is 16.5. The number of imidazole rings is 1. The number of aromatic nitrogens is 2. The molecule has 1 N–H and O–H groups in total. The van der Waals surface area contributed by atoms with E-state index in [2.05, 4.69) is 19.6 Å². The molecule has 1 fully saturated rings. The number of piperidine rings is 1. The molecule has 1 atom stereocenters. The first-order valence-electron chi connectivity index (χ1n) is 7.15. The zero-order chi connectivity index (χ0) is 14.7. The Morgan fingerprint density at radius 1 is 1.57 bits per heavy atom. The normalized spacial score (nSPS) is 19.6. The van der Waals surface area contributed by atoms with Gasteiger partial charge in [0.05, 0.1) is 13.7 Å². The number of esters is 1. The van der Waals surface area contributed by atoms with Crippen molar-refractivity contribution in [2.75, 3.05) is 20.2 Å².